The second-order valence-electron chi connectivity index (χ2n) is 9.16. The molecule has 5 rings (SSSR count). The monoisotopic (exact) mass is 472 g/mol. The Labute approximate surface area is 192 Å². The number of hydrogen-bond donors (Lipinski definition) is 1. The van der Waals surface area contributed by atoms with E-state index in [2.05, 4.69) is 17.3 Å². The molecule has 0 unspecified atom stereocenters. The molecule has 4 heterocycles. The van der Waals surface area contributed by atoms with E-state index in [1.54, 1.807) is 16.0 Å². The highest BCUT2D eigenvalue weighted by molar-refractivity contribution is 7.91. The quantitative estimate of drug-likeness (QED) is 0.616. The van der Waals surface area contributed by atoms with Crippen LogP contribution in [0, 0.1) is 12.8 Å². The van der Waals surface area contributed by atoms with E-state index in [0.29, 0.717) is 29.2 Å². The number of sulfone groups is 1. The van der Waals surface area contributed by atoms with Gasteiger partial charge in [-0.2, -0.15) is 5.10 Å². The largest absolute Gasteiger partial charge is 0.349 e. The van der Waals surface area contributed by atoms with Gasteiger partial charge in [0, 0.05) is 6.04 Å². The van der Waals surface area contributed by atoms with Crippen LogP contribution in [0.25, 0.3) is 21.6 Å². The Morgan fingerprint density at radius 2 is 2.06 bits per heavy atom. The lowest BCUT2D eigenvalue weighted by Gasteiger charge is -2.29. The SMILES string of the molecule is Cc1nn([C@@H]2CCS(=O)(=O)C2)c2nc(-c3cccs3)cc(C(=O)N[C@@H]3CCCC[C@@H]3C)c12. The summed E-state index contributed by atoms with van der Waals surface area (Å²) in [6.07, 6.45) is 4.99. The van der Waals surface area contributed by atoms with E-state index >= 15 is 0 Å². The summed E-state index contributed by atoms with van der Waals surface area (Å²) in [6.45, 7) is 4.07. The summed E-state index contributed by atoms with van der Waals surface area (Å²) < 4.78 is 26.0. The molecular formula is C23H28N4O3S2. The molecule has 1 saturated heterocycles. The summed E-state index contributed by atoms with van der Waals surface area (Å²) in [5.74, 6) is 0.579. The third kappa shape index (κ3) is 3.96. The van der Waals surface area contributed by atoms with Crippen molar-refractivity contribution in [3.63, 3.8) is 0 Å². The molecule has 1 amide bonds. The fourth-order valence-electron chi connectivity index (χ4n) is 5.04. The predicted octanol–water partition coefficient (Wildman–Crippen LogP) is 4.14. The fraction of sp³-hybridized carbons (Fsp3) is 0.522. The predicted molar refractivity (Wildman–Crippen MR) is 127 cm³/mol. The highest BCUT2D eigenvalue weighted by Gasteiger charge is 2.33. The van der Waals surface area contributed by atoms with Gasteiger partial charge in [0.05, 0.1) is 44.8 Å². The van der Waals surface area contributed by atoms with Crippen LogP contribution < -0.4 is 5.32 Å². The smallest absolute Gasteiger partial charge is 0.252 e. The van der Waals surface area contributed by atoms with Gasteiger partial charge < -0.3 is 5.32 Å². The van der Waals surface area contributed by atoms with Gasteiger partial charge in [-0.3, -0.25) is 4.79 Å². The van der Waals surface area contributed by atoms with Gasteiger partial charge in [-0.1, -0.05) is 25.8 Å². The molecule has 32 heavy (non-hydrogen) atoms. The summed E-state index contributed by atoms with van der Waals surface area (Å²) in [5.41, 5.74) is 2.59. The van der Waals surface area contributed by atoms with Crippen molar-refractivity contribution in [2.24, 2.45) is 5.92 Å². The first-order chi connectivity index (χ1) is 15.3. The first-order valence-corrected chi connectivity index (χ1v) is 14.0. The Morgan fingerprint density at radius 1 is 1.25 bits per heavy atom. The number of carbonyl (C=O) groups excluding carboxylic acids is 1. The van der Waals surface area contributed by atoms with Crippen molar-refractivity contribution in [2.45, 2.75) is 58.0 Å². The lowest BCUT2D eigenvalue weighted by atomic mass is 9.86. The zero-order chi connectivity index (χ0) is 22.5. The van der Waals surface area contributed by atoms with Gasteiger partial charge in [-0.15, -0.1) is 11.3 Å². The first-order valence-electron chi connectivity index (χ1n) is 11.3. The van der Waals surface area contributed by atoms with Gasteiger partial charge in [0.2, 0.25) is 0 Å². The van der Waals surface area contributed by atoms with Crippen LogP contribution in [0.1, 0.15) is 61.1 Å². The summed E-state index contributed by atoms with van der Waals surface area (Å²) in [5, 5.41) is 10.7. The van der Waals surface area contributed by atoms with Crippen molar-refractivity contribution in [2.75, 3.05) is 11.5 Å². The van der Waals surface area contributed by atoms with E-state index in [9.17, 15) is 13.2 Å². The zero-order valence-electron chi connectivity index (χ0n) is 18.4. The molecule has 0 radical (unpaired) electrons. The number of rotatable bonds is 4. The van der Waals surface area contributed by atoms with E-state index in [0.717, 1.165) is 35.2 Å². The molecular weight excluding hydrogens is 444 g/mol. The average Bonchev–Trinajstić information content (AvgIpc) is 3.48. The number of pyridine rings is 1. The lowest BCUT2D eigenvalue weighted by Crippen LogP contribution is -2.41. The first kappa shape index (κ1) is 21.6. The van der Waals surface area contributed by atoms with Crippen LogP contribution in [0.5, 0.6) is 0 Å². The molecule has 1 N–H and O–H groups in total. The van der Waals surface area contributed by atoms with Crippen LogP contribution in [-0.2, 0) is 9.84 Å². The van der Waals surface area contributed by atoms with Crippen molar-refractivity contribution in [3.8, 4) is 10.6 Å². The molecule has 0 bridgehead atoms. The van der Waals surface area contributed by atoms with Gasteiger partial charge >= 0.3 is 0 Å². The summed E-state index contributed by atoms with van der Waals surface area (Å²) in [6, 6.07) is 5.72. The van der Waals surface area contributed by atoms with Crippen LogP contribution in [0.4, 0.5) is 0 Å². The van der Waals surface area contributed by atoms with Crippen LogP contribution in [0.15, 0.2) is 23.6 Å². The molecule has 1 aliphatic heterocycles. The second kappa shape index (κ2) is 8.26. The van der Waals surface area contributed by atoms with Gasteiger partial charge in [-0.25, -0.2) is 18.1 Å². The molecule has 9 heteroatoms. The van der Waals surface area contributed by atoms with Crippen molar-refractivity contribution >= 4 is 38.1 Å². The number of aromatic nitrogens is 3. The Balaban J connectivity index is 1.62. The van der Waals surface area contributed by atoms with Crippen molar-refractivity contribution < 1.29 is 13.2 Å². The van der Waals surface area contributed by atoms with Gasteiger partial charge in [0.15, 0.2) is 15.5 Å². The number of carbonyl (C=O) groups is 1. The number of nitrogens with one attached hydrogen (secondary N) is 1. The molecule has 170 valence electrons. The number of amides is 1. The average molecular weight is 473 g/mol. The van der Waals surface area contributed by atoms with Crippen LogP contribution in [0.2, 0.25) is 0 Å². The summed E-state index contributed by atoms with van der Waals surface area (Å²) in [7, 11) is -3.07. The lowest BCUT2D eigenvalue weighted by molar-refractivity contribution is 0.0912. The van der Waals surface area contributed by atoms with E-state index in [-0.39, 0.29) is 29.5 Å². The molecule has 0 spiro atoms. The maximum atomic E-state index is 13.5. The second-order valence-corrected chi connectivity index (χ2v) is 12.3. The Morgan fingerprint density at radius 3 is 2.75 bits per heavy atom. The molecule has 7 nitrogen and oxygen atoms in total. The van der Waals surface area contributed by atoms with Gasteiger partial charge in [0.1, 0.15) is 0 Å². The molecule has 3 aromatic rings. The summed E-state index contributed by atoms with van der Waals surface area (Å²) >= 11 is 1.57. The zero-order valence-corrected chi connectivity index (χ0v) is 20.0. The number of aryl methyl sites for hydroxylation is 1. The number of thiophene rings is 1. The minimum Gasteiger partial charge on any atom is -0.349 e. The van der Waals surface area contributed by atoms with Gasteiger partial charge in [-0.05, 0) is 49.6 Å². The number of nitrogens with zero attached hydrogens (tertiary/aromatic N) is 3. The summed E-state index contributed by atoms with van der Waals surface area (Å²) in [4.78, 5) is 19.4. The molecule has 1 aliphatic carbocycles. The molecule has 0 aromatic carbocycles. The molecule has 2 fully saturated rings. The Bertz CT molecular complexity index is 1260. The van der Waals surface area contributed by atoms with Crippen molar-refractivity contribution in [3.05, 3.63) is 34.8 Å². The normalized spacial score (nSPS) is 25.2. The van der Waals surface area contributed by atoms with Crippen molar-refractivity contribution in [1.29, 1.82) is 0 Å². The van der Waals surface area contributed by atoms with Crippen LogP contribution >= 0.6 is 11.3 Å². The maximum absolute atomic E-state index is 13.5. The molecule has 1 saturated carbocycles. The minimum absolute atomic E-state index is 0.0647. The number of fused-ring (bicyclic) bond motifs is 1. The molecule has 2 aliphatic rings. The molecule has 3 atom stereocenters. The van der Waals surface area contributed by atoms with Crippen molar-refractivity contribution in [1.82, 2.24) is 20.1 Å². The van der Waals surface area contributed by atoms with E-state index < -0.39 is 9.84 Å². The molecule has 3 aromatic heterocycles. The fourth-order valence-corrected chi connectivity index (χ4v) is 7.42. The van der Waals surface area contributed by atoms with E-state index in [1.165, 1.54) is 6.42 Å². The number of hydrogen-bond acceptors (Lipinski definition) is 6. The van der Waals surface area contributed by atoms with Crippen LogP contribution in [-0.4, -0.2) is 46.6 Å². The third-order valence-corrected chi connectivity index (χ3v) is 9.48. The van der Waals surface area contributed by atoms with E-state index in [4.69, 9.17) is 4.98 Å². The van der Waals surface area contributed by atoms with Crippen LogP contribution in [0.3, 0.4) is 0 Å². The van der Waals surface area contributed by atoms with E-state index in [1.807, 2.05) is 30.5 Å². The van der Waals surface area contributed by atoms with Gasteiger partial charge in [0.25, 0.3) is 5.91 Å². The Hall–Kier alpha value is -2.26. The Kier molecular flexibility index (Phi) is 5.57. The third-order valence-electron chi connectivity index (χ3n) is 6.84. The topological polar surface area (TPSA) is 93.9 Å². The highest BCUT2D eigenvalue weighted by atomic mass is 32.2. The maximum Gasteiger partial charge on any atom is 0.252 e. The highest BCUT2D eigenvalue weighted by Crippen LogP contribution is 2.33. The minimum atomic E-state index is -3.07. The standard InChI is InChI=1S/C23H28N4O3S2/c1-14-6-3-4-7-18(14)25-23(28)17-12-19(20-8-5-10-31-20)24-22-21(17)15(2)26-27(22)16-9-11-32(29,30)13-16/h5,8,10,12,14,16,18H,3-4,6-7,9,11,13H2,1-2H3,(H,25,28)/t14-,16+,18+/m0/s1.